The highest BCUT2D eigenvalue weighted by Crippen LogP contribution is 2.46. The third kappa shape index (κ3) is 3.37. The summed E-state index contributed by atoms with van der Waals surface area (Å²) in [4.78, 5) is 0.777. The van der Waals surface area contributed by atoms with Gasteiger partial charge in [0.25, 0.3) is 0 Å². The summed E-state index contributed by atoms with van der Waals surface area (Å²) in [5.41, 5.74) is 0.292. The summed E-state index contributed by atoms with van der Waals surface area (Å²) in [6.45, 7) is 1.03. The molecule has 3 fully saturated rings. The average Bonchev–Trinajstić information content (AvgIpc) is 2.64. The minimum atomic E-state index is 0.292. The van der Waals surface area contributed by atoms with E-state index in [-0.39, 0.29) is 0 Å². The molecule has 3 unspecified atom stereocenters. The van der Waals surface area contributed by atoms with Gasteiger partial charge in [-0.3, -0.25) is 0 Å². The third-order valence-corrected chi connectivity index (χ3v) is 7.02. The Kier molecular flexibility index (Phi) is 4.90. The van der Waals surface area contributed by atoms with Crippen LogP contribution in [0.25, 0.3) is 0 Å². The lowest BCUT2D eigenvalue weighted by Gasteiger charge is -2.46. The van der Waals surface area contributed by atoms with Gasteiger partial charge >= 0.3 is 0 Å². The van der Waals surface area contributed by atoms with Crippen molar-refractivity contribution in [1.82, 2.24) is 0 Å². The molecule has 2 aliphatic carbocycles. The molecule has 1 nitrogen and oxygen atoms in total. The molecule has 1 aliphatic heterocycles. The van der Waals surface area contributed by atoms with Crippen molar-refractivity contribution in [3.8, 4) is 0 Å². The maximum Gasteiger partial charge on any atom is 0.0685 e. The van der Waals surface area contributed by atoms with Crippen molar-refractivity contribution >= 4 is 15.9 Å². The summed E-state index contributed by atoms with van der Waals surface area (Å²) in [5.74, 6) is 1.85. The normalized spacial score (nSPS) is 39.9. The Morgan fingerprint density at radius 2 is 1.58 bits per heavy atom. The number of halogens is 1. The average molecular weight is 329 g/mol. The van der Waals surface area contributed by atoms with Crippen LogP contribution < -0.4 is 0 Å². The number of rotatable bonds is 1. The molecule has 2 saturated carbocycles. The fourth-order valence-corrected chi connectivity index (χ4v) is 5.82. The fourth-order valence-electron chi connectivity index (χ4n) is 4.80. The Bertz CT molecular complexity index is 279. The van der Waals surface area contributed by atoms with Gasteiger partial charge in [-0.15, -0.1) is 0 Å². The van der Waals surface area contributed by atoms with E-state index in [0.29, 0.717) is 5.60 Å². The molecule has 0 aromatic carbocycles. The Labute approximate surface area is 127 Å². The van der Waals surface area contributed by atoms with E-state index in [1.54, 1.807) is 0 Å². The molecule has 3 rings (SSSR count). The van der Waals surface area contributed by atoms with Crippen LogP contribution in [0.4, 0.5) is 0 Å². The SMILES string of the molecule is BrC1CCCCCC1C1CCOC2(CCCCC2)C1. The van der Waals surface area contributed by atoms with Crippen molar-refractivity contribution in [3.05, 3.63) is 0 Å². The predicted molar refractivity (Wildman–Crippen MR) is 83.8 cm³/mol. The molecule has 0 aromatic rings. The minimum Gasteiger partial charge on any atom is -0.375 e. The first-order chi connectivity index (χ1) is 9.29. The summed E-state index contributed by atoms with van der Waals surface area (Å²) in [6, 6.07) is 0. The lowest BCUT2D eigenvalue weighted by atomic mass is 9.71. The van der Waals surface area contributed by atoms with Crippen LogP contribution >= 0.6 is 15.9 Å². The molecule has 19 heavy (non-hydrogen) atoms. The van der Waals surface area contributed by atoms with Crippen LogP contribution in [0.5, 0.6) is 0 Å². The first-order valence-electron chi connectivity index (χ1n) is 8.57. The molecule has 0 amide bonds. The van der Waals surface area contributed by atoms with Gasteiger partial charge < -0.3 is 4.74 Å². The maximum atomic E-state index is 6.28. The van der Waals surface area contributed by atoms with Crippen LogP contribution in [0.15, 0.2) is 0 Å². The Hall–Kier alpha value is 0.440. The summed E-state index contributed by atoms with van der Waals surface area (Å²) in [6.07, 6.45) is 16.8. The minimum absolute atomic E-state index is 0.292. The Morgan fingerprint density at radius 1 is 0.842 bits per heavy atom. The van der Waals surface area contributed by atoms with Crippen LogP contribution in [0.1, 0.15) is 77.0 Å². The molecular weight excluding hydrogens is 300 g/mol. The maximum absolute atomic E-state index is 6.28. The van der Waals surface area contributed by atoms with Gasteiger partial charge in [-0.25, -0.2) is 0 Å². The van der Waals surface area contributed by atoms with Crippen molar-refractivity contribution in [2.75, 3.05) is 6.61 Å². The molecule has 0 radical (unpaired) electrons. The van der Waals surface area contributed by atoms with E-state index in [0.717, 1.165) is 23.3 Å². The van der Waals surface area contributed by atoms with Crippen molar-refractivity contribution in [1.29, 1.82) is 0 Å². The van der Waals surface area contributed by atoms with Crippen LogP contribution in [0, 0.1) is 11.8 Å². The Morgan fingerprint density at radius 3 is 2.42 bits per heavy atom. The van der Waals surface area contributed by atoms with Gasteiger partial charge in [-0.2, -0.15) is 0 Å². The molecule has 1 saturated heterocycles. The molecule has 3 aliphatic rings. The topological polar surface area (TPSA) is 9.23 Å². The molecule has 2 heteroatoms. The van der Waals surface area contributed by atoms with Gasteiger partial charge in [-0.05, 0) is 50.4 Å². The quantitative estimate of drug-likeness (QED) is 0.458. The highest BCUT2D eigenvalue weighted by molar-refractivity contribution is 9.09. The second-order valence-corrected chi connectivity index (χ2v) is 8.34. The molecule has 110 valence electrons. The van der Waals surface area contributed by atoms with Crippen LogP contribution in [-0.4, -0.2) is 17.0 Å². The van der Waals surface area contributed by atoms with Crippen molar-refractivity contribution < 1.29 is 4.74 Å². The van der Waals surface area contributed by atoms with Gasteiger partial charge in [0.2, 0.25) is 0 Å². The van der Waals surface area contributed by atoms with Gasteiger partial charge in [0.1, 0.15) is 0 Å². The second-order valence-electron chi connectivity index (χ2n) is 7.16. The van der Waals surface area contributed by atoms with E-state index in [1.807, 2.05) is 0 Å². The standard InChI is InChI=1S/C17H29BrO/c18-16-8-4-1-3-7-15(16)14-9-12-19-17(13-14)10-5-2-6-11-17/h14-16H,1-13H2. The smallest absolute Gasteiger partial charge is 0.0685 e. The first-order valence-corrected chi connectivity index (χ1v) is 9.49. The van der Waals surface area contributed by atoms with E-state index in [4.69, 9.17) is 4.74 Å². The van der Waals surface area contributed by atoms with E-state index in [1.165, 1.54) is 77.0 Å². The number of hydrogen-bond acceptors (Lipinski definition) is 1. The van der Waals surface area contributed by atoms with Gasteiger partial charge in [-0.1, -0.05) is 54.5 Å². The van der Waals surface area contributed by atoms with E-state index in [9.17, 15) is 0 Å². The lowest BCUT2D eigenvalue weighted by molar-refractivity contribution is -0.125. The summed E-state index contributed by atoms with van der Waals surface area (Å²) in [5, 5.41) is 0. The van der Waals surface area contributed by atoms with Crippen molar-refractivity contribution in [3.63, 3.8) is 0 Å². The van der Waals surface area contributed by atoms with Crippen LogP contribution in [0.2, 0.25) is 0 Å². The first kappa shape index (κ1) is 14.4. The summed E-state index contributed by atoms with van der Waals surface area (Å²) >= 11 is 4.01. The van der Waals surface area contributed by atoms with Gasteiger partial charge in [0.05, 0.1) is 5.60 Å². The van der Waals surface area contributed by atoms with E-state index >= 15 is 0 Å². The largest absolute Gasteiger partial charge is 0.375 e. The third-order valence-electron chi connectivity index (χ3n) is 5.88. The lowest BCUT2D eigenvalue weighted by Crippen LogP contribution is -2.44. The van der Waals surface area contributed by atoms with Crippen molar-refractivity contribution in [2.45, 2.75) is 87.5 Å². The monoisotopic (exact) mass is 328 g/mol. The van der Waals surface area contributed by atoms with Gasteiger partial charge in [0.15, 0.2) is 0 Å². The predicted octanol–water partition coefficient (Wildman–Crippen LogP) is 5.46. The van der Waals surface area contributed by atoms with E-state index < -0.39 is 0 Å². The number of ether oxygens (including phenoxy) is 1. The summed E-state index contributed by atoms with van der Waals surface area (Å²) in [7, 11) is 0. The fraction of sp³-hybridized carbons (Fsp3) is 1.00. The zero-order valence-electron chi connectivity index (χ0n) is 12.2. The molecular formula is C17H29BrO. The van der Waals surface area contributed by atoms with Crippen LogP contribution in [-0.2, 0) is 4.74 Å². The number of alkyl halides is 1. The highest BCUT2D eigenvalue weighted by atomic mass is 79.9. The Balaban J connectivity index is 1.66. The second kappa shape index (κ2) is 6.47. The molecule has 3 atom stereocenters. The van der Waals surface area contributed by atoms with E-state index in [2.05, 4.69) is 15.9 Å². The molecule has 0 N–H and O–H groups in total. The molecule has 0 bridgehead atoms. The molecule has 1 heterocycles. The molecule has 0 aromatic heterocycles. The van der Waals surface area contributed by atoms with Crippen molar-refractivity contribution in [2.24, 2.45) is 11.8 Å². The molecule has 1 spiro atoms. The number of hydrogen-bond donors (Lipinski definition) is 0. The zero-order chi connectivity index (χ0) is 13.1. The zero-order valence-corrected chi connectivity index (χ0v) is 13.8. The highest BCUT2D eigenvalue weighted by Gasteiger charge is 2.42. The summed E-state index contributed by atoms with van der Waals surface area (Å²) < 4.78 is 6.28. The van der Waals surface area contributed by atoms with Crippen LogP contribution in [0.3, 0.4) is 0 Å². The van der Waals surface area contributed by atoms with Gasteiger partial charge in [0, 0.05) is 11.4 Å².